The second-order valence-corrected chi connectivity index (χ2v) is 10.9. The van der Waals surface area contributed by atoms with Gasteiger partial charge in [0.1, 0.15) is 0 Å². The van der Waals surface area contributed by atoms with Gasteiger partial charge in [-0.2, -0.15) is 13.2 Å². The number of hydrogen-bond donors (Lipinski definition) is 0. The molecule has 0 aliphatic heterocycles. The Hall–Kier alpha value is -0.563. The zero-order valence-corrected chi connectivity index (χ0v) is 15.1. The van der Waals surface area contributed by atoms with Crippen LogP contribution in [0.4, 0.5) is 13.2 Å². The first-order chi connectivity index (χ1) is 10.1. The Morgan fingerprint density at radius 1 is 1.05 bits per heavy atom. The average molecular weight is 342 g/mol. The van der Waals surface area contributed by atoms with E-state index in [0.29, 0.717) is 12.5 Å². The van der Waals surface area contributed by atoms with Crippen LogP contribution in [0.5, 0.6) is 0 Å². The SMILES string of the molecule is CCCC(CCCCCCOC(=O)C(F)(F)F)O[Si](C)(C)C. The molecule has 0 aliphatic rings. The standard InChI is InChI=1S/C15H29F3O3Si/c1-5-10-13(21-22(2,3)4)11-8-6-7-9-12-20-14(19)15(16,17)18/h13H,5-12H2,1-4H3. The molecule has 3 nitrogen and oxygen atoms in total. The lowest BCUT2D eigenvalue weighted by atomic mass is 10.1. The van der Waals surface area contributed by atoms with Gasteiger partial charge in [0.05, 0.1) is 6.61 Å². The zero-order chi connectivity index (χ0) is 17.2. The number of carbonyl (C=O) groups excluding carboxylic acids is 1. The van der Waals surface area contributed by atoms with Crippen LogP contribution in [0.2, 0.25) is 19.6 Å². The van der Waals surface area contributed by atoms with Gasteiger partial charge in [0, 0.05) is 6.10 Å². The topological polar surface area (TPSA) is 35.5 Å². The molecule has 0 N–H and O–H groups in total. The molecule has 132 valence electrons. The maximum absolute atomic E-state index is 11.9. The van der Waals surface area contributed by atoms with Crippen LogP contribution in [0.3, 0.4) is 0 Å². The molecule has 1 atom stereocenters. The number of esters is 1. The molecule has 0 saturated heterocycles. The van der Waals surface area contributed by atoms with E-state index in [-0.39, 0.29) is 6.61 Å². The Balaban J connectivity index is 3.72. The summed E-state index contributed by atoms with van der Waals surface area (Å²) < 4.78 is 45.9. The number of unbranched alkanes of at least 4 members (excludes halogenated alkanes) is 3. The van der Waals surface area contributed by atoms with Crippen LogP contribution in [0.25, 0.3) is 0 Å². The van der Waals surface area contributed by atoms with E-state index in [1.807, 2.05) is 0 Å². The first-order valence-electron chi connectivity index (χ1n) is 7.98. The van der Waals surface area contributed by atoms with Crippen molar-refractivity contribution in [2.75, 3.05) is 6.61 Å². The van der Waals surface area contributed by atoms with E-state index >= 15 is 0 Å². The number of carbonyl (C=O) groups is 1. The highest BCUT2D eigenvalue weighted by atomic mass is 28.4. The Morgan fingerprint density at radius 3 is 2.14 bits per heavy atom. The minimum atomic E-state index is -4.89. The first kappa shape index (κ1) is 21.4. The zero-order valence-electron chi connectivity index (χ0n) is 14.1. The van der Waals surface area contributed by atoms with E-state index in [0.717, 1.165) is 38.5 Å². The van der Waals surface area contributed by atoms with Gasteiger partial charge >= 0.3 is 12.1 Å². The molecule has 0 amide bonds. The maximum atomic E-state index is 11.9. The van der Waals surface area contributed by atoms with Gasteiger partial charge < -0.3 is 9.16 Å². The highest BCUT2D eigenvalue weighted by molar-refractivity contribution is 6.69. The first-order valence-corrected chi connectivity index (χ1v) is 11.4. The van der Waals surface area contributed by atoms with Gasteiger partial charge in [-0.05, 0) is 38.9 Å². The summed E-state index contributed by atoms with van der Waals surface area (Å²) in [7, 11) is -1.53. The molecule has 0 fully saturated rings. The van der Waals surface area contributed by atoms with Crippen molar-refractivity contribution >= 4 is 14.3 Å². The minimum Gasteiger partial charge on any atom is -0.459 e. The molecule has 0 spiro atoms. The third-order valence-electron chi connectivity index (χ3n) is 3.02. The Morgan fingerprint density at radius 2 is 1.64 bits per heavy atom. The molecule has 0 aromatic heterocycles. The third kappa shape index (κ3) is 12.0. The Bertz CT molecular complexity index is 314. The summed E-state index contributed by atoms with van der Waals surface area (Å²) >= 11 is 0. The van der Waals surface area contributed by atoms with Crippen molar-refractivity contribution in [1.29, 1.82) is 0 Å². The van der Waals surface area contributed by atoms with Gasteiger partial charge in [-0.3, -0.25) is 0 Å². The molecule has 7 heteroatoms. The fourth-order valence-corrected chi connectivity index (χ4v) is 3.39. The summed E-state index contributed by atoms with van der Waals surface area (Å²) in [6, 6.07) is 0. The van der Waals surface area contributed by atoms with Crippen LogP contribution < -0.4 is 0 Å². The van der Waals surface area contributed by atoms with Gasteiger partial charge in [0.15, 0.2) is 8.32 Å². The Labute approximate surface area is 132 Å². The van der Waals surface area contributed by atoms with Crippen molar-refractivity contribution < 1.29 is 27.1 Å². The average Bonchev–Trinajstić information content (AvgIpc) is 2.34. The largest absolute Gasteiger partial charge is 0.490 e. The predicted molar refractivity (Wildman–Crippen MR) is 83.2 cm³/mol. The van der Waals surface area contributed by atoms with Gasteiger partial charge in [-0.15, -0.1) is 0 Å². The molecule has 0 aliphatic carbocycles. The normalized spacial score (nSPS) is 14.0. The lowest BCUT2D eigenvalue weighted by Gasteiger charge is -2.26. The summed E-state index contributed by atoms with van der Waals surface area (Å²) in [6.45, 7) is 8.48. The summed E-state index contributed by atoms with van der Waals surface area (Å²) in [5, 5.41) is 0. The lowest BCUT2D eigenvalue weighted by molar-refractivity contribution is -0.199. The number of alkyl halides is 3. The van der Waals surface area contributed by atoms with Crippen molar-refractivity contribution in [3.05, 3.63) is 0 Å². The number of halogens is 3. The van der Waals surface area contributed by atoms with Crippen molar-refractivity contribution in [3.8, 4) is 0 Å². The van der Waals surface area contributed by atoms with Crippen molar-refractivity contribution in [2.24, 2.45) is 0 Å². The summed E-state index contributed by atoms with van der Waals surface area (Å²) in [5.74, 6) is -2.10. The van der Waals surface area contributed by atoms with Gasteiger partial charge in [0.2, 0.25) is 0 Å². The van der Waals surface area contributed by atoms with E-state index < -0.39 is 20.5 Å². The smallest absolute Gasteiger partial charge is 0.459 e. The molecule has 0 rings (SSSR count). The molecular weight excluding hydrogens is 313 g/mol. The number of ether oxygens (including phenoxy) is 1. The van der Waals surface area contributed by atoms with Crippen LogP contribution in [-0.4, -0.2) is 33.2 Å². The van der Waals surface area contributed by atoms with Crippen LogP contribution in [0.1, 0.15) is 51.9 Å². The monoisotopic (exact) mass is 342 g/mol. The highest BCUT2D eigenvalue weighted by Crippen LogP contribution is 2.19. The molecule has 22 heavy (non-hydrogen) atoms. The molecule has 0 bridgehead atoms. The molecule has 0 aromatic carbocycles. The Kier molecular flexibility index (Phi) is 9.99. The predicted octanol–water partition coefficient (Wildman–Crippen LogP) is 5.06. The summed E-state index contributed by atoms with van der Waals surface area (Å²) in [6.07, 6.45) is 1.66. The summed E-state index contributed by atoms with van der Waals surface area (Å²) in [5.41, 5.74) is 0. The fourth-order valence-electron chi connectivity index (χ4n) is 2.16. The lowest BCUT2D eigenvalue weighted by Crippen LogP contribution is -2.32. The second kappa shape index (κ2) is 10.3. The highest BCUT2D eigenvalue weighted by Gasteiger charge is 2.40. The third-order valence-corrected chi connectivity index (χ3v) is 4.06. The van der Waals surface area contributed by atoms with E-state index in [9.17, 15) is 18.0 Å². The van der Waals surface area contributed by atoms with Crippen molar-refractivity contribution in [2.45, 2.75) is 83.8 Å². The van der Waals surface area contributed by atoms with Crippen LogP contribution in [0.15, 0.2) is 0 Å². The molecule has 0 saturated carbocycles. The minimum absolute atomic E-state index is 0.165. The van der Waals surface area contributed by atoms with Crippen LogP contribution >= 0.6 is 0 Å². The fraction of sp³-hybridized carbons (Fsp3) is 0.933. The van der Waals surface area contributed by atoms with Crippen molar-refractivity contribution in [3.63, 3.8) is 0 Å². The molecule has 1 unspecified atom stereocenters. The quantitative estimate of drug-likeness (QED) is 0.299. The van der Waals surface area contributed by atoms with E-state index in [1.165, 1.54) is 0 Å². The van der Waals surface area contributed by atoms with E-state index in [4.69, 9.17) is 4.43 Å². The van der Waals surface area contributed by atoms with E-state index in [2.05, 4.69) is 31.3 Å². The van der Waals surface area contributed by atoms with Gasteiger partial charge in [0.25, 0.3) is 0 Å². The van der Waals surface area contributed by atoms with Crippen molar-refractivity contribution in [1.82, 2.24) is 0 Å². The molecular formula is C15H29F3O3Si. The summed E-state index contributed by atoms with van der Waals surface area (Å²) in [4.78, 5) is 10.5. The molecule has 0 heterocycles. The molecule has 0 radical (unpaired) electrons. The molecule has 0 aromatic rings. The number of rotatable bonds is 11. The number of hydrogen-bond acceptors (Lipinski definition) is 3. The van der Waals surface area contributed by atoms with Gasteiger partial charge in [-0.1, -0.05) is 32.6 Å². The van der Waals surface area contributed by atoms with Gasteiger partial charge in [-0.25, -0.2) is 4.79 Å². The van der Waals surface area contributed by atoms with Crippen LogP contribution in [-0.2, 0) is 14.0 Å². The van der Waals surface area contributed by atoms with E-state index in [1.54, 1.807) is 0 Å². The second-order valence-electron chi connectivity index (χ2n) is 6.48. The van der Waals surface area contributed by atoms with Crippen LogP contribution in [0, 0.1) is 0 Å². The maximum Gasteiger partial charge on any atom is 0.490 e.